The Hall–Kier alpha value is -2.63. The van der Waals surface area contributed by atoms with Crippen LogP contribution in [0.2, 0.25) is 0 Å². The standard InChI is InChI=1S/C24H23NP/c1-25-19-11-12-21(25)20-26(22-13-5-2-6-14-22,23-15-7-3-8-16-23)24-17-9-4-10-18-24/h2-19H,20H2,1H3/q+1. The minimum absolute atomic E-state index is 1.02. The third kappa shape index (κ3) is 3.00. The third-order valence-electron chi connectivity index (χ3n) is 5.04. The summed E-state index contributed by atoms with van der Waals surface area (Å²) in [7, 11) is 0.354. The van der Waals surface area contributed by atoms with Crippen LogP contribution in [0.3, 0.4) is 0 Å². The van der Waals surface area contributed by atoms with E-state index in [1.54, 1.807) is 0 Å². The second-order valence-electron chi connectivity index (χ2n) is 6.58. The van der Waals surface area contributed by atoms with Gasteiger partial charge in [-0.3, -0.25) is 0 Å². The lowest BCUT2D eigenvalue weighted by molar-refractivity contribution is 0.873. The molecule has 1 aromatic heterocycles. The molecule has 3 aromatic carbocycles. The number of aryl methyl sites for hydroxylation is 1. The summed E-state index contributed by atoms with van der Waals surface area (Å²) in [5.41, 5.74) is 1.37. The van der Waals surface area contributed by atoms with Gasteiger partial charge in [0.25, 0.3) is 0 Å². The molecule has 2 heteroatoms. The molecule has 4 aromatic rings. The highest BCUT2D eigenvalue weighted by molar-refractivity contribution is 7.95. The minimum atomic E-state index is -1.79. The number of hydrogen-bond acceptors (Lipinski definition) is 0. The molecule has 0 aliphatic carbocycles. The molecule has 0 saturated heterocycles. The Bertz CT molecular complexity index is 862. The van der Waals surface area contributed by atoms with Gasteiger partial charge in [0.05, 0.1) is 5.69 Å². The fourth-order valence-electron chi connectivity index (χ4n) is 3.67. The summed E-state index contributed by atoms with van der Waals surface area (Å²) in [4.78, 5) is 0. The Kier molecular flexibility index (Phi) is 4.73. The van der Waals surface area contributed by atoms with Crippen molar-refractivity contribution in [2.45, 2.75) is 6.16 Å². The van der Waals surface area contributed by atoms with Crippen LogP contribution in [0.1, 0.15) is 5.69 Å². The van der Waals surface area contributed by atoms with Crippen molar-refractivity contribution >= 4 is 23.2 Å². The minimum Gasteiger partial charge on any atom is -0.351 e. The van der Waals surface area contributed by atoms with Crippen molar-refractivity contribution in [3.8, 4) is 0 Å². The zero-order valence-electron chi connectivity index (χ0n) is 15.0. The lowest BCUT2D eigenvalue weighted by Gasteiger charge is -2.27. The summed E-state index contributed by atoms with van der Waals surface area (Å²) in [5.74, 6) is 0. The monoisotopic (exact) mass is 356 g/mol. The first-order valence-electron chi connectivity index (χ1n) is 8.96. The molecule has 0 bridgehead atoms. The van der Waals surface area contributed by atoms with Gasteiger partial charge in [0.15, 0.2) is 0 Å². The molecule has 0 atom stereocenters. The first kappa shape index (κ1) is 16.8. The molecule has 0 aliphatic heterocycles. The highest BCUT2D eigenvalue weighted by Crippen LogP contribution is 2.58. The van der Waals surface area contributed by atoms with Crippen LogP contribution < -0.4 is 15.9 Å². The van der Waals surface area contributed by atoms with Gasteiger partial charge in [0.2, 0.25) is 0 Å². The van der Waals surface area contributed by atoms with E-state index in [-0.39, 0.29) is 0 Å². The maximum atomic E-state index is 2.30. The van der Waals surface area contributed by atoms with E-state index in [1.807, 2.05) is 0 Å². The predicted octanol–water partition coefficient (Wildman–Crippen LogP) is 4.52. The normalized spacial score (nSPS) is 11.4. The average Bonchev–Trinajstić information content (AvgIpc) is 3.12. The van der Waals surface area contributed by atoms with E-state index in [2.05, 4.69) is 121 Å². The Morgan fingerprint density at radius 3 is 1.35 bits per heavy atom. The molecule has 0 saturated carbocycles. The molecule has 0 aliphatic rings. The van der Waals surface area contributed by atoms with Crippen LogP contribution in [0.25, 0.3) is 0 Å². The molecule has 0 fully saturated rings. The summed E-state index contributed by atoms with van der Waals surface area (Å²) in [6.07, 6.45) is 3.17. The van der Waals surface area contributed by atoms with Gasteiger partial charge in [-0.25, -0.2) is 0 Å². The van der Waals surface area contributed by atoms with Crippen LogP contribution in [0.4, 0.5) is 0 Å². The summed E-state index contributed by atoms with van der Waals surface area (Å²) in [6, 6.07) is 37.5. The Labute approximate surface area is 156 Å². The predicted molar refractivity (Wildman–Crippen MR) is 114 cm³/mol. The van der Waals surface area contributed by atoms with Gasteiger partial charge in [-0.15, -0.1) is 0 Å². The first-order valence-corrected chi connectivity index (χ1v) is 10.9. The fraction of sp³-hybridized carbons (Fsp3) is 0.0833. The number of rotatable bonds is 5. The summed E-state index contributed by atoms with van der Waals surface area (Å²) in [5, 5.41) is 4.29. The van der Waals surface area contributed by atoms with Gasteiger partial charge in [0, 0.05) is 13.2 Å². The van der Waals surface area contributed by atoms with Gasteiger partial charge < -0.3 is 4.57 Å². The lowest BCUT2D eigenvalue weighted by atomic mass is 10.3. The van der Waals surface area contributed by atoms with E-state index in [9.17, 15) is 0 Å². The van der Waals surface area contributed by atoms with Crippen LogP contribution in [0.5, 0.6) is 0 Å². The molecule has 26 heavy (non-hydrogen) atoms. The smallest absolute Gasteiger partial charge is 0.118 e. The zero-order valence-corrected chi connectivity index (χ0v) is 15.9. The number of benzene rings is 3. The highest BCUT2D eigenvalue weighted by atomic mass is 31.2. The Morgan fingerprint density at radius 1 is 0.577 bits per heavy atom. The van der Waals surface area contributed by atoms with Crippen molar-refractivity contribution in [1.82, 2.24) is 4.57 Å². The molecule has 0 unspecified atom stereocenters. The summed E-state index contributed by atoms with van der Waals surface area (Å²) >= 11 is 0. The molecule has 0 N–H and O–H groups in total. The van der Waals surface area contributed by atoms with E-state index in [0.29, 0.717) is 0 Å². The van der Waals surface area contributed by atoms with Crippen LogP contribution >= 0.6 is 7.26 Å². The Balaban J connectivity index is 2.02. The molecule has 0 amide bonds. The topological polar surface area (TPSA) is 4.93 Å². The van der Waals surface area contributed by atoms with E-state index in [4.69, 9.17) is 0 Å². The molecule has 0 radical (unpaired) electrons. The van der Waals surface area contributed by atoms with Crippen LogP contribution in [-0.4, -0.2) is 4.57 Å². The van der Waals surface area contributed by atoms with E-state index in [1.165, 1.54) is 21.6 Å². The molecule has 0 spiro atoms. The van der Waals surface area contributed by atoms with Crippen molar-refractivity contribution in [2.24, 2.45) is 7.05 Å². The number of nitrogens with zero attached hydrogens (tertiary/aromatic N) is 1. The van der Waals surface area contributed by atoms with E-state index in [0.717, 1.165) is 6.16 Å². The van der Waals surface area contributed by atoms with Crippen LogP contribution in [-0.2, 0) is 13.2 Å². The fourth-order valence-corrected chi connectivity index (χ4v) is 7.97. The first-order chi connectivity index (χ1) is 12.8. The Morgan fingerprint density at radius 2 is 1.00 bits per heavy atom. The van der Waals surface area contributed by atoms with Gasteiger partial charge in [0.1, 0.15) is 29.3 Å². The van der Waals surface area contributed by atoms with Crippen molar-refractivity contribution in [1.29, 1.82) is 0 Å². The second-order valence-corrected chi connectivity index (χ2v) is 10.1. The third-order valence-corrected chi connectivity index (χ3v) is 9.38. The van der Waals surface area contributed by atoms with Gasteiger partial charge in [-0.2, -0.15) is 0 Å². The quantitative estimate of drug-likeness (QED) is 0.464. The highest BCUT2D eigenvalue weighted by Gasteiger charge is 2.45. The summed E-state index contributed by atoms with van der Waals surface area (Å²) < 4.78 is 2.25. The second kappa shape index (κ2) is 7.32. The maximum absolute atomic E-state index is 2.30. The number of hydrogen-bond donors (Lipinski definition) is 0. The SMILES string of the molecule is Cn1cccc1C[P+](c1ccccc1)(c1ccccc1)c1ccccc1. The van der Waals surface area contributed by atoms with Crippen molar-refractivity contribution < 1.29 is 0 Å². The molecule has 128 valence electrons. The maximum Gasteiger partial charge on any atom is 0.118 e. The molecular formula is C24H23NP+. The van der Waals surface area contributed by atoms with Crippen LogP contribution in [0.15, 0.2) is 109 Å². The van der Waals surface area contributed by atoms with E-state index >= 15 is 0 Å². The molecule has 1 nitrogen and oxygen atoms in total. The van der Waals surface area contributed by atoms with Gasteiger partial charge in [-0.1, -0.05) is 54.6 Å². The summed E-state index contributed by atoms with van der Waals surface area (Å²) in [6.45, 7) is 0. The zero-order chi connectivity index (χ0) is 17.8. The number of aromatic nitrogens is 1. The van der Waals surface area contributed by atoms with Crippen molar-refractivity contribution in [3.05, 3.63) is 115 Å². The van der Waals surface area contributed by atoms with Crippen molar-refractivity contribution in [3.63, 3.8) is 0 Å². The van der Waals surface area contributed by atoms with Crippen LogP contribution in [0, 0.1) is 0 Å². The van der Waals surface area contributed by atoms with Crippen molar-refractivity contribution in [2.75, 3.05) is 0 Å². The van der Waals surface area contributed by atoms with Gasteiger partial charge >= 0.3 is 0 Å². The largest absolute Gasteiger partial charge is 0.351 e. The molecule has 1 heterocycles. The van der Waals surface area contributed by atoms with E-state index < -0.39 is 7.26 Å². The lowest BCUT2D eigenvalue weighted by Crippen LogP contribution is -2.32. The average molecular weight is 356 g/mol. The molecule has 4 rings (SSSR count). The molecular weight excluding hydrogens is 333 g/mol. The van der Waals surface area contributed by atoms with Gasteiger partial charge in [-0.05, 0) is 48.5 Å².